The molecule has 0 radical (unpaired) electrons. The Morgan fingerprint density at radius 3 is 2.60 bits per heavy atom. The van der Waals surface area contributed by atoms with Gasteiger partial charge in [0.25, 0.3) is 0 Å². The van der Waals surface area contributed by atoms with Gasteiger partial charge in [0.1, 0.15) is 6.10 Å². The number of aliphatic hydroxyl groups is 2. The summed E-state index contributed by atoms with van der Waals surface area (Å²) in [6.07, 6.45) is -2.06. The van der Waals surface area contributed by atoms with Gasteiger partial charge < -0.3 is 20.6 Å². The summed E-state index contributed by atoms with van der Waals surface area (Å²) in [6, 6.07) is 6.46. The first-order valence-corrected chi connectivity index (χ1v) is 6.31. The van der Waals surface area contributed by atoms with Crippen molar-refractivity contribution in [2.75, 3.05) is 6.54 Å². The number of carboxylic acids is 1. The molecule has 0 heterocycles. The Kier molecular flexibility index (Phi) is 6.14. The average molecular weight is 281 g/mol. The second-order valence-electron chi connectivity index (χ2n) is 4.60. The fourth-order valence-corrected chi connectivity index (χ4v) is 1.84. The van der Waals surface area contributed by atoms with Crippen LogP contribution in [0.25, 0.3) is 0 Å². The minimum absolute atomic E-state index is 0.136. The lowest BCUT2D eigenvalue weighted by Crippen LogP contribution is -2.27. The van der Waals surface area contributed by atoms with Gasteiger partial charge in [0.05, 0.1) is 12.5 Å². The Bertz CT molecular complexity index is 474. The lowest BCUT2D eigenvalue weighted by Gasteiger charge is -2.18. The molecule has 0 saturated carbocycles. The quantitative estimate of drug-likeness (QED) is 0.572. The molecule has 0 aromatic heterocycles. The Hall–Kier alpha value is -1.92. The van der Waals surface area contributed by atoms with Crippen LogP contribution in [0.5, 0.6) is 0 Å². The van der Waals surface area contributed by atoms with Crippen LogP contribution in [-0.4, -0.2) is 39.8 Å². The second-order valence-corrected chi connectivity index (χ2v) is 4.60. The van der Waals surface area contributed by atoms with Crippen molar-refractivity contribution in [1.29, 1.82) is 0 Å². The third kappa shape index (κ3) is 5.38. The van der Waals surface area contributed by atoms with Crippen LogP contribution in [0.4, 0.5) is 0 Å². The minimum atomic E-state index is -1.11. The number of rotatable bonds is 7. The number of hydrogen-bond acceptors (Lipinski definition) is 4. The molecule has 1 aromatic rings. The predicted octanol–water partition coefficient (Wildman–Crippen LogP) is 0.234. The Labute approximate surface area is 117 Å². The first kappa shape index (κ1) is 16.1. The minimum Gasteiger partial charge on any atom is -0.481 e. The third-order valence-corrected chi connectivity index (χ3v) is 2.83. The topological polar surface area (TPSA) is 107 Å². The van der Waals surface area contributed by atoms with E-state index in [0.29, 0.717) is 11.1 Å². The summed E-state index contributed by atoms with van der Waals surface area (Å²) >= 11 is 0. The van der Waals surface area contributed by atoms with Crippen LogP contribution in [0.15, 0.2) is 24.3 Å². The van der Waals surface area contributed by atoms with E-state index in [9.17, 15) is 19.8 Å². The monoisotopic (exact) mass is 281 g/mol. The number of carbonyl (C=O) groups excluding carboxylic acids is 1. The van der Waals surface area contributed by atoms with Gasteiger partial charge >= 0.3 is 5.97 Å². The maximum Gasteiger partial charge on any atom is 0.307 e. The van der Waals surface area contributed by atoms with Crippen molar-refractivity contribution < 1.29 is 24.9 Å². The molecule has 0 bridgehead atoms. The number of amides is 1. The molecule has 6 nitrogen and oxygen atoms in total. The highest BCUT2D eigenvalue weighted by Gasteiger charge is 2.18. The van der Waals surface area contributed by atoms with Crippen LogP contribution in [0.1, 0.15) is 30.6 Å². The van der Waals surface area contributed by atoms with Crippen LogP contribution >= 0.6 is 0 Å². The second kappa shape index (κ2) is 7.62. The maximum atomic E-state index is 10.7. The molecule has 6 heteroatoms. The van der Waals surface area contributed by atoms with E-state index in [1.807, 2.05) is 0 Å². The van der Waals surface area contributed by atoms with Gasteiger partial charge in [-0.3, -0.25) is 9.59 Å². The summed E-state index contributed by atoms with van der Waals surface area (Å²) in [6.45, 7) is 1.64. The highest BCUT2D eigenvalue weighted by atomic mass is 16.4. The Morgan fingerprint density at radius 2 is 2.00 bits per heavy atom. The molecule has 1 rings (SSSR count). The summed E-state index contributed by atoms with van der Waals surface area (Å²) < 4.78 is 0. The fourth-order valence-electron chi connectivity index (χ4n) is 1.84. The standard InChI is InChI=1S/C14H19NO5/c1-9(16)15-6-5-12(17)14(20)11-4-2-3-10(7-11)8-13(18)19/h2-4,7,12,14,17,20H,5-6,8H2,1H3,(H,15,16)(H,18,19). The average Bonchev–Trinajstić information content (AvgIpc) is 2.36. The summed E-state index contributed by atoms with van der Waals surface area (Å²) in [5, 5.41) is 31.1. The number of hydrogen-bond donors (Lipinski definition) is 4. The van der Waals surface area contributed by atoms with Gasteiger partial charge in [0.15, 0.2) is 0 Å². The molecule has 1 aromatic carbocycles. The zero-order valence-electron chi connectivity index (χ0n) is 11.2. The zero-order valence-corrected chi connectivity index (χ0v) is 11.2. The van der Waals surface area contributed by atoms with E-state index in [1.165, 1.54) is 6.92 Å². The first-order chi connectivity index (χ1) is 9.40. The van der Waals surface area contributed by atoms with Crippen molar-refractivity contribution in [2.24, 2.45) is 0 Å². The lowest BCUT2D eigenvalue weighted by atomic mass is 9.99. The van der Waals surface area contributed by atoms with Gasteiger partial charge in [-0.15, -0.1) is 0 Å². The van der Waals surface area contributed by atoms with E-state index >= 15 is 0 Å². The van der Waals surface area contributed by atoms with Crippen molar-refractivity contribution in [3.8, 4) is 0 Å². The van der Waals surface area contributed by atoms with Crippen molar-refractivity contribution in [2.45, 2.75) is 32.0 Å². The van der Waals surface area contributed by atoms with Gasteiger partial charge in [-0.25, -0.2) is 0 Å². The smallest absolute Gasteiger partial charge is 0.307 e. The van der Waals surface area contributed by atoms with E-state index in [1.54, 1.807) is 24.3 Å². The summed E-state index contributed by atoms with van der Waals surface area (Å²) in [5.41, 5.74) is 1.02. The van der Waals surface area contributed by atoms with E-state index in [2.05, 4.69) is 5.32 Å². The maximum absolute atomic E-state index is 10.7. The van der Waals surface area contributed by atoms with E-state index < -0.39 is 18.2 Å². The molecule has 0 aliphatic rings. The molecular weight excluding hydrogens is 262 g/mol. The van der Waals surface area contributed by atoms with Crippen molar-refractivity contribution in [1.82, 2.24) is 5.32 Å². The molecule has 1 amide bonds. The number of carbonyl (C=O) groups is 2. The molecule has 20 heavy (non-hydrogen) atoms. The summed E-state index contributed by atoms with van der Waals surface area (Å²) in [4.78, 5) is 21.3. The Morgan fingerprint density at radius 1 is 1.30 bits per heavy atom. The number of aliphatic carboxylic acids is 1. The molecule has 4 N–H and O–H groups in total. The predicted molar refractivity (Wildman–Crippen MR) is 72.0 cm³/mol. The Balaban J connectivity index is 2.63. The molecular formula is C14H19NO5. The number of aliphatic hydroxyl groups excluding tert-OH is 2. The van der Waals surface area contributed by atoms with Crippen LogP contribution in [0.3, 0.4) is 0 Å². The zero-order chi connectivity index (χ0) is 15.1. The molecule has 0 saturated heterocycles. The van der Waals surface area contributed by atoms with Gasteiger partial charge in [0.2, 0.25) is 5.91 Å². The lowest BCUT2D eigenvalue weighted by molar-refractivity contribution is -0.136. The van der Waals surface area contributed by atoms with Gasteiger partial charge in [-0.2, -0.15) is 0 Å². The molecule has 110 valence electrons. The van der Waals surface area contributed by atoms with E-state index in [-0.39, 0.29) is 25.3 Å². The molecule has 2 unspecified atom stereocenters. The number of carboxylic acid groups (broad SMARTS) is 1. The molecule has 0 aliphatic heterocycles. The van der Waals surface area contributed by atoms with Gasteiger partial charge in [-0.05, 0) is 17.5 Å². The van der Waals surface area contributed by atoms with Gasteiger partial charge in [0, 0.05) is 13.5 Å². The summed E-state index contributed by atoms with van der Waals surface area (Å²) in [5.74, 6) is -1.15. The van der Waals surface area contributed by atoms with E-state index in [0.717, 1.165) is 0 Å². The van der Waals surface area contributed by atoms with Crippen LogP contribution in [-0.2, 0) is 16.0 Å². The number of benzene rings is 1. The highest BCUT2D eigenvalue weighted by molar-refractivity contribution is 5.72. The molecule has 0 spiro atoms. The summed E-state index contributed by atoms with van der Waals surface area (Å²) in [7, 11) is 0. The third-order valence-electron chi connectivity index (χ3n) is 2.83. The van der Waals surface area contributed by atoms with Gasteiger partial charge in [-0.1, -0.05) is 24.3 Å². The van der Waals surface area contributed by atoms with Crippen LogP contribution in [0.2, 0.25) is 0 Å². The first-order valence-electron chi connectivity index (χ1n) is 6.31. The van der Waals surface area contributed by atoms with Crippen molar-refractivity contribution in [3.63, 3.8) is 0 Å². The van der Waals surface area contributed by atoms with Crippen molar-refractivity contribution in [3.05, 3.63) is 35.4 Å². The number of nitrogens with one attached hydrogen (secondary N) is 1. The molecule has 0 fully saturated rings. The molecule has 0 aliphatic carbocycles. The van der Waals surface area contributed by atoms with Crippen LogP contribution < -0.4 is 5.32 Å². The molecule has 2 atom stereocenters. The SMILES string of the molecule is CC(=O)NCCC(O)C(O)c1cccc(CC(=O)O)c1. The van der Waals surface area contributed by atoms with Crippen LogP contribution in [0, 0.1) is 0 Å². The largest absolute Gasteiger partial charge is 0.481 e. The van der Waals surface area contributed by atoms with Crippen molar-refractivity contribution >= 4 is 11.9 Å². The fraction of sp³-hybridized carbons (Fsp3) is 0.429. The highest BCUT2D eigenvalue weighted by Crippen LogP contribution is 2.20. The normalized spacial score (nSPS) is 13.6. The van der Waals surface area contributed by atoms with E-state index in [4.69, 9.17) is 5.11 Å².